The number of nitrogens with one attached hydrogen (secondary N) is 2. The zero-order valence-electron chi connectivity index (χ0n) is 16.2. The summed E-state index contributed by atoms with van der Waals surface area (Å²) in [5.41, 5.74) is 0. The van der Waals surface area contributed by atoms with E-state index >= 15 is 0 Å². The predicted molar refractivity (Wildman–Crippen MR) is 114 cm³/mol. The SMILES string of the molecule is CCNC(=S)N1CCC(C(NC(=O)c2cccs2)C(=O)N2CCOCC2)CC1. The van der Waals surface area contributed by atoms with E-state index in [0.717, 1.165) is 37.6 Å². The first-order valence-corrected chi connectivity index (χ1v) is 11.1. The second-order valence-electron chi connectivity index (χ2n) is 7.03. The van der Waals surface area contributed by atoms with E-state index in [2.05, 4.69) is 15.5 Å². The van der Waals surface area contributed by atoms with Gasteiger partial charge >= 0.3 is 0 Å². The number of morpholine rings is 1. The summed E-state index contributed by atoms with van der Waals surface area (Å²) in [6, 6.07) is 3.12. The highest BCUT2D eigenvalue weighted by Crippen LogP contribution is 2.23. The smallest absolute Gasteiger partial charge is 0.262 e. The van der Waals surface area contributed by atoms with Gasteiger partial charge in [0.05, 0.1) is 18.1 Å². The zero-order chi connectivity index (χ0) is 19.9. The van der Waals surface area contributed by atoms with Crippen molar-refractivity contribution < 1.29 is 14.3 Å². The van der Waals surface area contributed by atoms with Crippen LogP contribution in [0.3, 0.4) is 0 Å². The number of ether oxygens (including phenoxy) is 1. The van der Waals surface area contributed by atoms with Crippen LogP contribution in [0.15, 0.2) is 17.5 Å². The summed E-state index contributed by atoms with van der Waals surface area (Å²) < 4.78 is 5.37. The van der Waals surface area contributed by atoms with Gasteiger partial charge in [-0.3, -0.25) is 9.59 Å². The second-order valence-corrected chi connectivity index (χ2v) is 8.36. The predicted octanol–water partition coefficient (Wildman–Crippen LogP) is 1.31. The van der Waals surface area contributed by atoms with Crippen molar-refractivity contribution in [2.75, 3.05) is 45.9 Å². The molecule has 0 aliphatic carbocycles. The number of nitrogens with zero attached hydrogens (tertiary/aromatic N) is 2. The van der Waals surface area contributed by atoms with Gasteiger partial charge in [0.15, 0.2) is 5.11 Å². The highest BCUT2D eigenvalue weighted by atomic mass is 32.1. The maximum absolute atomic E-state index is 13.2. The van der Waals surface area contributed by atoms with Gasteiger partial charge in [0.25, 0.3) is 5.91 Å². The molecule has 0 bridgehead atoms. The van der Waals surface area contributed by atoms with Crippen molar-refractivity contribution >= 4 is 40.5 Å². The number of thiocarbonyl (C=S) groups is 1. The van der Waals surface area contributed by atoms with Gasteiger partial charge in [-0.2, -0.15) is 0 Å². The fourth-order valence-electron chi connectivity index (χ4n) is 3.68. The molecule has 2 saturated heterocycles. The molecule has 154 valence electrons. The van der Waals surface area contributed by atoms with E-state index in [9.17, 15) is 9.59 Å². The van der Waals surface area contributed by atoms with Gasteiger partial charge in [0.1, 0.15) is 6.04 Å². The van der Waals surface area contributed by atoms with Crippen molar-refractivity contribution in [1.82, 2.24) is 20.4 Å². The molecule has 1 atom stereocenters. The number of hydrogen-bond acceptors (Lipinski definition) is 5. The average molecular weight is 425 g/mol. The van der Waals surface area contributed by atoms with Crippen molar-refractivity contribution in [1.29, 1.82) is 0 Å². The molecule has 0 aromatic carbocycles. The fourth-order valence-corrected chi connectivity index (χ4v) is 4.63. The normalized spacial score (nSPS) is 19.2. The van der Waals surface area contributed by atoms with Crippen LogP contribution in [0, 0.1) is 5.92 Å². The molecule has 1 aromatic heterocycles. The Hall–Kier alpha value is -1.71. The lowest BCUT2D eigenvalue weighted by Gasteiger charge is -2.39. The third-order valence-corrected chi connectivity index (χ3v) is 6.52. The number of hydrogen-bond donors (Lipinski definition) is 2. The molecule has 3 heterocycles. The Bertz CT molecular complexity index is 669. The first-order chi connectivity index (χ1) is 13.6. The van der Waals surface area contributed by atoms with Gasteiger partial charge in [-0.05, 0) is 49.3 Å². The fraction of sp³-hybridized carbons (Fsp3) is 0.632. The maximum atomic E-state index is 13.2. The van der Waals surface area contributed by atoms with Crippen molar-refractivity contribution in [3.05, 3.63) is 22.4 Å². The number of thiophene rings is 1. The van der Waals surface area contributed by atoms with E-state index in [0.29, 0.717) is 31.2 Å². The van der Waals surface area contributed by atoms with Crippen molar-refractivity contribution in [2.45, 2.75) is 25.8 Å². The Morgan fingerprint density at radius 3 is 2.57 bits per heavy atom. The molecular formula is C19H28N4O3S2. The van der Waals surface area contributed by atoms with E-state index in [4.69, 9.17) is 17.0 Å². The molecule has 0 radical (unpaired) electrons. The van der Waals surface area contributed by atoms with E-state index in [1.54, 1.807) is 6.07 Å². The molecule has 28 heavy (non-hydrogen) atoms. The molecule has 7 nitrogen and oxygen atoms in total. The van der Waals surface area contributed by atoms with Gasteiger partial charge in [-0.25, -0.2) is 0 Å². The first kappa shape index (κ1) is 21.0. The number of likely N-dealkylation sites (tertiary alicyclic amines) is 1. The van der Waals surface area contributed by atoms with Crippen LogP contribution in [0.4, 0.5) is 0 Å². The van der Waals surface area contributed by atoms with E-state index in [1.807, 2.05) is 23.3 Å². The van der Waals surface area contributed by atoms with Crippen LogP contribution < -0.4 is 10.6 Å². The van der Waals surface area contributed by atoms with Crippen LogP contribution in [0.2, 0.25) is 0 Å². The van der Waals surface area contributed by atoms with Crippen molar-refractivity contribution in [3.63, 3.8) is 0 Å². The Kier molecular flexibility index (Phi) is 7.64. The Morgan fingerprint density at radius 1 is 1.25 bits per heavy atom. The quantitative estimate of drug-likeness (QED) is 0.695. The summed E-state index contributed by atoms with van der Waals surface area (Å²) in [6.45, 7) is 6.65. The third kappa shape index (κ3) is 5.21. The summed E-state index contributed by atoms with van der Waals surface area (Å²) in [5, 5.41) is 8.84. The molecule has 9 heteroatoms. The third-order valence-electron chi connectivity index (χ3n) is 5.25. The molecule has 2 aliphatic heterocycles. The van der Waals surface area contributed by atoms with Gasteiger partial charge in [0, 0.05) is 32.7 Å². The first-order valence-electron chi connectivity index (χ1n) is 9.83. The van der Waals surface area contributed by atoms with Crippen LogP contribution in [0.25, 0.3) is 0 Å². The largest absolute Gasteiger partial charge is 0.378 e. The number of carbonyl (C=O) groups excluding carboxylic acids is 2. The van der Waals surface area contributed by atoms with E-state index < -0.39 is 6.04 Å². The molecule has 2 N–H and O–H groups in total. The van der Waals surface area contributed by atoms with Crippen LogP contribution in [-0.2, 0) is 9.53 Å². The molecule has 0 spiro atoms. The minimum Gasteiger partial charge on any atom is -0.378 e. The summed E-state index contributed by atoms with van der Waals surface area (Å²) in [6.07, 6.45) is 1.63. The molecule has 2 fully saturated rings. The number of carbonyl (C=O) groups is 2. The molecule has 1 unspecified atom stereocenters. The van der Waals surface area contributed by atoms with Gasteiger partial charge in [-0.1, -0.05) is 6.07 Å². The molecule has 1 aromatic rings. The number of amides is 2. The standard InChI is InChI=1S/C19H28N4O3S2/c1-2-20-19(27)23-7-5-14(6-8-23)16(18(25)22-9-11-26-12-10-22)21-17(24)15-4-3-13-28-15/h3-4,13-14,16H,2,5-12H2,1H3,(H,20,27)(H,21,24). The molecule has 2 aliphatic rings. The molecule has 0 saturated carbocycles. The topological polar surface area (TPSA) is 73.9 Å². The molecule has 2 amide bonds. The Labute approximate surface area is 175 Å². The monoisotopic (exact) mass is 424 g/mol. The lowest BCUT2D eigenvalue weighted by Crippen LogP contribution is -2.56. The van der Waals surface area contributed by atoms with Crippen LogP contribution in [-0.4, -0.2) is 78.7 Å². The van der Waals surface area contributed by atoms with E-state index in [-0.39, 0.29) is 17.7 Å². The van der Waals surface area contributed by atoms with Gasteiger partial charge < -0.3 is 25.2 Å². The summed E-state index contributed by atoms with van der Waals surface area (Å²) in [5.74, 6) is -0.0759. The van der Waals surface area contributed by atoms with Gasteiger partial charge in [-0.15, -0.1) is 11.3 Å². The summed E-state index contributed by atoms with van der Waals surface area (Å²) in [4.78, 5) is 30.5. The lowest BCUT2D eigenvalue weighted by atomic mass is 9.88. The lowest BCUT2D eigenvalue weighted by molar-refractivity contribution is -0.139. The highest BCUT2D eigenvalue weighted by molar-refractivity contribution is 7.80. The number of piperidine rings is 1. The average Bonchev–Trinajstić information content (AvgIpc) is 3.27. The summed E-state index contributed by atoms with van der Waals surface area (Å²) in [7, 11) is 0. The molecular weight excluding hydrogens is 396 g/mol. The Morgan fingerprint density at radius 2 is 1.96 bits per heavy atom. The van der Waals surface area contributed by atoms with Crippen molar-refractivity contribution in [2.24, 2.45) is 5.92 Å². The van der Waals surface area contributed by atoms with E-state index in [1.165, 1.54) is 11.3 Å². The Balaban J connectivity index is 1.68. The minimum absolute atomic E-state index is 0.000848. The summed E-state index contributed by atoms with van der Waals surface area (Å²) >= 11 is 6.80. The zero-order valence-corrected chi connectivity index (χ0v) is 17.8. The van der Waals surface area contributed by atoms with Crippen molar-refractivity contribution in [3.8, 4) is 0 Å². The molecule has 3 rings (SSSR count). The number of rotatable bonds is 5. The highest BCUT2D eigenvalue weighted by Gasteiger charge is 2.36. The van der Waals surface area contributed by atoms with Crippen LogP contribution in [0.5, 0.6) is 0 Å². The van der Waals surface area contributed by atoms with Crippen LogP contribution >= 0.6 is 23.6 Å². The van der Waals surface area contributed by atoms with Crippen LogP contribution in [0.1, 0.15) is 29.4 Å². The maximum Gasteiger partial charge on any atom is 0.262 e. The van der Waals surface area contributed by atoms with Gasteiger partial charge in [0.2, 0.25) is 5.91 Å². The second kappa shape index (κ2) is 10.2. The minimum atomic E-state index is -0.512.